The van der Waals surface area contributed by atoms with Crippen LogP contribution in [0.15, 0.2) is 9.63 Å². The molecule has 0 aliphatic carbocycles. The standard InChI is InChI=1S/C6H5BrN4S/c1-12-6-10-3(2-8)4(7)5(9)11-6/h1H3,(H2,9,10,11). The second-order valence-electron chi connectivity index (χ2n) is 1.87. The van der Waals surface area contributed by atoms with Crippen LogP contribution in [-0.4, -0.2) is 16.2 Å². The van der Waals surface area contributed by atoms with E-state index in [1.807, 2.05) is 12.3 Å². The number of thioether (sulfide) groups is 1. The third-order valence-corrected chi connectivity index (χ3v) is 2.47. The maximum Gasteiger partial charge on any atom is 0.190 e. The summed E-state index contributed by atoms with van der Waals surface area (Å²) in [6.07, 6.45) is 1.82. The Hall–Kier alpha value is -0.800. The van der Waals surface area contributed by atoms with E-state index in [2.05, 4.69) is 25.9 Å². The fourth-order valence-electron chi connectivity index (χ4n) is 0.609. The lowest BCUT2D eigenvalue weighted by Gasteiger charge is -2.00. The Kier molecular flexibility index (Phi) is 2.89. The molecule has 0 aromatic carbocycles. The van der Waals surface area contributed by atoms with Crippen molar-refractivity contribution < 1.29 is 0 Å². The summed E-state index contributed by atoms with van der Waals surface area (Å²) < 4.78 is 0.461. The number of nitriles is 1. The Morgan fingerprint density at radius 1 is 1.58 bits per heavy atom. The average molecular weight is 245 g/mol. The van der Waals surface area contributed by atoms with Gasteiger partial charge in [-0.3, -0.25) is 0 Å². The van der Waals surface area contributed by atoms with Gasteiger partial charge in [0.1, 0.15) is 11.9 Å². The number of nitrogen functional groups attached to an aromatic ring is 1. The van der Waals surface area contributed by atoms with Crippen LogP contribution in [0.25, 0.3) is 0 Å². The van der Waals surface area contributed by atoms with Crippen LogP contribution in [0.3, 0.4) is 0 Å². The molecule has 4 nitrogen and oxygen atoms in total. The number of hydrogen-bond donors (Lipinski definition) is 1. The van der Waals surface area contributed by atoms with Gasteiger partial charge < -0.3 is 5.73 Å². The van der Waals surface area contributed by atoms with E-state index in [1.165, 1.54) is 11.8 Å². The minimum atomic E-state index is 0.270. The quantitative estimate of drug-likeness (QED) is 0.598. The lowest BCUT2D eigenvalue weighted by molar-refractivity contribution is 0.955. The second-order valence-corrected chi connectivity index (χ2v) is 3.44. The lowest BCUT2D eigenvalue weighted by Crippen LogP contribution is -1.99. The van der Waals surface area contributed by atoms with Gasteiger partial charge in [0, 0.05) is 0 Å². The van der Waals surface area contributed by atoms with E-state index in [4.69, 9.17) is 11.0 Å². The Balaban J connectivity index is 3.31. The summed E-state index contributed by atoms with van der Waals surface area (Å²) in [5, 5.41) is 9.13. The third kappa shape index (κ3) is 1.68. The SMILES string of the molecule is CSc1nc(N)c(Br)c(C#N)n1. The Bertz CT molecular complexity index is 346. The first-order chi connectivity index (χ1) is 5.69. The summed E-state index contributed by atoms with van der Waals surface area (Å²) >= 11 is 4.47. The maximum absolute atomic E-state index is 8.63. The number of nitrogens with two attached hydrogens (primary N) is 1. The van der Waals surface area contributed by atoms with Gasteiger partial charge in [-0.1, -0.05) is 11.8 Å². The van der Waals surface area contributed by atoms with Gasteiger partial charge in [-0.15, -0.1) is 0 Å². The van der Waals surface area contributed by atoms with Crippen LogP contribution in [0.4, 0.5) is 5.82 Å². The molecule has 12 heavy (non-hydrogen) atoms. The Morgan fingerprint density at radius 2 is 2.25 bits per heavy atom. The van der Waals surface area contributed by atoms with Gasteiger partial charge in [-0.25, -0.2) is 9.97 Å². The number of hydrogen-bond acceptors (Lipinski definition) is 5. The number of aromatic nitrogens is 2. The molecule has 0 radical (unpaired) electrons. The average Bonchev–Trinajstić information content (AvgIpc) is 2.09. The molecular weight excluding hydrogens is 240 g/mol. The highest BCUT2D eigenvalue weighted by atomic mass is 79.9. The van der Waals surface area contributed by atoms with Gasteiger partial charge in [0.2, 0.25) is 0 Å². The first-order valence-electron chi connectivity index (χ1n) is 2.96. The fourth-order valence-corrected chi connectivity index (χ4v) is 1.25. The summed E-state index contributed by atoms with van der Waals surface area (Å²) in [5.74, 6) is 0.297. The van der Waals surface area contributed by atoms with Gasteiger partial charge in [-0.05, 0) is 22.2 Å². The van der Waals surface area contributed by atoms with E-state index in [0.29, 0.717) is 15.4 Å². The Labute approximate surface area is 82.3 Å². The molecule has 1 aromatic rings. The van der Waals surface area contributed by atoms with Gasteiger partial charge in [0.15, 0.2) is 10.9 Å². The van der Waals surface area contributed by atoms with Gasteiger partial charge in [0.25, 0.3) is 0 Å². The van der Waals surface area contributed by atoms with Crippen molar-refractivity contribution in [3.8, 4) is 6.07 Å². The summed E-state index contributed by atoms with van der Waals surface area (Å²) in [4.78, 5) is 7.87. The molecule has 62 valence electrons. The van der Waals surface area contributed by atoms with E-state index in [-0.39, 0.29) is 5.69 Å². The molecule has 1 heterocycles. The highest BCUT2D eigenvalue weighted by Crippen LogP contribution is 2.22. The molecule has 6 heteroatoms. The minimum Gasteiger partial charge on any atom is -0.383 e. The molecule has 0 fully saturated rings. The third-order valence-electron chi connectivity index (χ3n) is 1.14. The molecule has 0 spiro atoms. The van der Waals surface area contributed by atoms with Crippen LogP contribution < -0.4 is 5.73 Å². The molecule has 0 saturated carbocycles. The molecule has 0 saturated heterocycles. The minimum absolute atomic E-state index is 0.270. The molecular formula is C6H5BrN4S. The smallest absolute Gasteiger partial charge is 0.190 e. The first kappa shape index (κ1) is 9.29. The van der Waals surface area contributed by atoms with Crippen LogP contribution >= 0.6 is 27.7 Å². The van der Waals surface area contributed by atoms with Crippen molar-refractivity contribution in [3.63, 3.8) is 0 Å². The van der Waals surface area contributed by atoms with Gasteiger partial charge in [0.05, 0.1) is 4.47 Å². The van der Waals surface area contributed by atoms with Crippen molar-refractivity contribution in [2.75, 3.05) is 12.0 Å². The topological polar surface area (TPSA) is 75.6 Å². The summed E-state index contributed by atoms with van der Waals surface area (Å²) in [7, 11) is 0. The lowest BCUT2D eigenvalue weighted by atomic mass is 10.4. The highest BCUT2D eigenvalue weighted by Gasteiger charge is 2.08. The van der Waals surface area contributed by atoms with Crippen molar-refractivity contribution in [2.45, 2.75) is 5.16 Å². The maximum atomic E-state index is 8.63. The summed E-state index contributed by atoms with van der Waals surface area (Å²) in [5.41, 5.74) is 5.78. The predicted octanol–water partition coefficient (Wildman–Crippen LogP) is 1.41. The van der Waals surface area contributed by atoms with E-state index in [9.17, 15) is 0 Å². The highest BCUT2D eigenvalue weighted by molar-refractivity contribution is 9.10. The van der Waals surface area contributed by atoms with Crippen LogP contribution in [0.1, 0.15) is 5.69 Å². The normalized spacial score (nSPS) is 9.42. The van der Waals surface area contributed by atoms with Crippen molar-refractivity contribution in [1.29, 1.82) is 5.26 Å². The van der Waals surface area contributed by atoms with Gasteiger partial charge >= 0.3 is 0 Å². The number of nitrogens with zero attached hydrogens (tertiary/aromatic N) is 3. The number of halogens is 1. The summed E-state index contributed by atoms with van der Waals surface area (Å²) in [6, 6.07) is 1.92. The zero-order valence-electron chi connectivity index (χ0n) is 6.21. The van der Waals surface area contributed by atoms with Crippen molar-refractivity contribution in [2.24, 2.45) is 0 Å². The molecule has 1 aromatic heterocycles. The molecule has 0 atom stereocenters. The van der Waals surface area contributed by atoms with E-state index in [1.54, 1.807) is 0 Å². The zero-order chi connectivity index (χ0) is 9.14. The summed E-state index contributed by atoms with van der Waals surface area (Å²) in [6.45, 7) is 0. The molecule has 0 unspecified atom stereocenters. The molecule has 0 aliphatic rings. The van der Waals surface area contributed by atoms with E-state index < -0.39 is 0 Å². The zero-order valence-corrected chi connectivity index (χ0v) is 8.61. The molecule has 0 amide bonds. The van der Waals surface area contributed by atoms with Crippen LogP contribution in [-0.2, 0) is 0 Å². The van der Waals surface area contributed by atoms with Crippen molar-refractivity contribution in [3.05, 3.63) is 10.2 Å². The predicted molar refractivity (Wildman–Crippen MR) is 50.6 cm³/mol. The largest absolute Gasteiger partial charge is 0.383 e. The van der Waals surface area contributed by atoms with E-state index >= 15 is 0 Å². The molecule has 0 bridgehead atoms. The monoisotopic (exact) mass is 244 g/mol. The number of rotatable bonds is 1. The second kappa shape index (κ2) is 3.74. The van der Waals surface area contributed by atoms with Crippen LogP contribution in [0.5, 0.6) is 0 Å². The fraction of sp³-hybridized carbons (Fsp3) is 0.167. The van der Waals surface area contributed by atoms with Crippen molar-refractivity contribution in [1.82, 2.24) is 9.97 Å². The van der Waals surface area contributed by atoms with Crippen molar-refractivity contribution >= 4 is 33.5 Å². The van der Waals surface area contributed by atoms with Gasteiger partial charge in [-0.2, -0.15) is 5.26 Å². The van der Waals surface area contributed by atoms with Crippen LogP contribution in [0, 0.1) is 11.3 Å². The Morgan fingerprint density at radius 3 is 2.75 bits per heavy atom. The molecule has 0 aliphatic heterocycles. The molecule has 2 N–H and O–H groups in total. The van der Waals surface area contributed by atoms with E-state index in [0.717, 1.165) is 0 Å². The van der Waals surface area contributed by atoms with Crippen LogP contribution in [0.2, 0.25) is 0 Å². The number of anilines is 1. The molecule has 1 rings (SSSR count). The first-order valence-corrected chi connectivity index (χ1v) is 4.98.